The number of anilines is 1. The zero-order valence-electron chi connectivity index (χ0n) is 21.5. The number of nitrogens with one attached hydrogen (secondary N) is 1. The Morgan fingerprint density at radius 2 is 1.92 bits per heavy atom. The molecule has 3 fully saturated rings. The SMILES string of the molecule is C=C(CC(C)F)C(=O)NC1CN(C(=O)N2CCN(c3ccc4oc(C=O)cc4c3)CC2)CC12CC2.CN. The lowest BCUT2D eigenvalue weighted by Crippen LogP contribution is -2.53. The van der Waals surface area contributed by atoms with E-state index in [0.29, 0.717) is 56.9 Å². The highest BCUT2D eigenvalue weighted by Gasteiger charge is 2.57. The van der Waals surface area contributed by atoms with Crippen molar-refractivity contribution < 1.29 is 23.2 Å². The van der Waals surface area contributed by atoms with Crippen LogP contribution in [0.2, 0.25) is 0 Å². The molecule has 2 saturated heterocycles. The molecule has 10 heteroatoms. The van der Waals surface area contributed by atoms with Crippen LogP contribution in [-0.2, 0) is 4.79 Å². The fourth-order valence-corrected chi connectivity index (χ4v) is 5.34. The van der Waals surface area contributed by atoms with Crippen LogP contribution >= 0.6 is 0 Å². The third-order valence-electron chi connectivity index (χ3n) is 7.52. The summed E-state index contributed by atoms with van der Waals surface area (Å²) >= 11 is 0. The predicted molar refractivity (Wildman–Crippen MR) is 140 cm³/mol. The van der Waals surface area contributed by atoms with E-state index in [1.165, 1.54) is 14.0 Å². The summed E-state index contributed by atoms with van der Waals surface area (Å²) in [6.45, 7) is 8.86. The number of likely N-dealkylation sites (tertiary alicyclic amines) is 1. The number of aldehydes is 1. The number of nitrogens with zero attached hydrogens (tertiary/aromatic N) is 3. The van der Waals surface area contributed by atoms with Gasteiger partial charge in [0, 0.05) is 67.8 Å². The maximum absolute atomic E-state index is 13.3. The van der Waals surface area contributed by atoms with E-state index in [1.807, 2.05) is 28.0 Å². The predicted octanol–water partition coefficient (Wildman–Crippen LogP) is 2.95. The fourth-order valence-electron chi connectivity index (χ4n) is 5.34. The van der Waals surface area contributed by atoms with Gasteiger partial charge in [-0.05, 0) is 51.1 Å². The number of piperazine rings is 1. The number of hydrogen-bond donors (Lipinski definition) is 2. The van der Waals surface area contributed by atoms with E-state index >= 15 is 0 Å². The van der Waals surface area contributed by atoms with Crippen LogP contribution in [-0.4, -0.2) is 86.6 Å². The van der Waals surface area contributed by atoms with Gasteiger partial charge in [-0.25, -0.2) is 9.18 Å². The van der Waals surface area contributed by atoms with Crippen LogP contribution in [0.5, 0.6) is 0 Å². The lowest BCUT2D eigenvalue weighted by Gasteiger charge is -2.37. The Hall–Kier alpha value is -3.40. The number of hydrogen-bond acceptors (Lipinski definition) is 6. The number of amides is 3. The highest BCUT2D eigenvalue weighted by molar-refractivity contribution is 5.93. The van der Waals surface area contributed by atoms with Crippen LogP contribution in [0.15, 0.2) is 40.8 Å². The Morgan fingerprint density at radius 1 is 1.22 bits per heavy atom. The zero-order valence-corrected chi connectivity index (χ0v) is 21.5. The Kier molecular flexibility index (Phi) is 7.87. The van der Waals surface area contributed by atoms with Crippen LogP contribution in [0.25, 0.3) is 11.0 Å². The molecular weight excluding hydrogens is 477 g/mol. The van der Waals surface area contributed by atoms with Crippen LogP contribution in [0.4, 0.5) is 14.9 Å². The van der Waals surface area contributed by atoms with Crippen molar-refractivity contribution in [1.82, 2.24) is 15.1 Å². The van der Waals surface area contributed by atoms with E-state index in [4.69, 9.17) is 4.42 Å². The van der Waals surface area contributed by atoms with E-state index in [9.17, 15) is 18.8 Å². The summed E-state index contributed by atoms with van der Waals surface area (Å²) in [6, 6.07) is 7.46. The molecule has 200 valence electrons. The monoisotopic (exact) mass is 513 g/mol. The van der Waals surface area contributed by atoms with E-state index < -0.39 is 6.17 Å². The number of carbonyl (C=O) groups excluding carboxylic acids is 3. The number of furan rings is 1. The number of nitrogens with two attached hydrogens (primary N) is 1. The molecule has 37 heavy (non-hydrogen) atoms. The molecule has 1 aromatic heterocycles. The molecule has 3 N–H and O–H groups in total. The zero-order chi connectivity index (χ0) is 26.7. The molecule has 0 radical (unpaired) electrons. The van der Waals surface area contributed by atoms with Gasteiger partial charge in [-0.2, -0.15) is 0 Å². The van der Waals surface area contributed by atoms with E-state index in [-0.39, 0.29) is 35.4 Å². The molecule has 3 amide bonds. The average Bonchev–Trinajstić information content (AvgIpc) is 3.42. The first kappa shape index (κ1) is 26.7. The van der Waals surface area contributed by atoms with E-state index in [1.54, 1.807) is 6.07 Å². The van der Waals surface area contributed by atoms with Gasteiger partial charge in [0.1, 0.15) is 11.8 Å². The summed E-state index contributed by atoms with van der Waals surface area (Å²) < 4.78 is 18.7. The molecule has 1 spiro atoms. The van der Waals surface area contributed by atoms with Gasteiger partial charge < -0.3 is 30.2 Å². The standard InChI is InChI=1S/C26H31FN4O4.CH5N/c1-17(11-18(2)27)24(33)28-23-14-31(16-26(23)5-6-26)25(34)30-9-7-29(8-10-30)20-3-4-22-19(12-20)13-21(15-32)35-22;1-2/h3-4,12-13,15,18,23H,1,5-11,14,16H2,2H3,(H,28,33);2H2,1H3. The van der Waals surface area contributed by atoms with Crippen molar-refractivity contribution in [3.8, 4) is 0 Å². The number of fused-ring (bicyclic) bond motifs is 1. The summed E-state index contributed by atoms with van der Waals surface area (Å²) in [4.78, 5) is 42.7. The summed E-state index contributed by atoms with van der Waals surface area (Å²) in [7, 11) is 1.50. The molecule has 9 nitrogen and oxygen atoms in total. The molecule has 5 rings (SSSR count). The summed E-state index contributed by atoms with van der Waals surface area (Å²) in [5, 5.41) is 3.90. The number of rotatable bonds is 6. The number of halogens is 1. The second kappa shape index (κ2) is 10.9. The molecule has 2 aromatic rings. The van der Waals surface area contributed by atoms with Gasteiger partial charge in [0.2, 0.25) is 5.91 Å². The second-order valence-electron chi connectivity index (χ2n) is 10.1. The van der Waals surface area contributed by atoms with Gasteiger partial charge >= 0.3 is 6.03 Å². The Balaban J connectivity index is 0.00000156. The van der Waals surface area contributed by atoms with Crippen molar-refractivity contribution in [2.45, 2.75) is 38.4 Å². The molecule has 2 aliphatic heterocycles. The molecular formula is C27H36FN5O4. The molecule has 1 aromatic carbocycles. The average molecular weight is 514 g/mol. The van der Waals surface area contributed by atoms with Crippen molar-refractivity contribution in [3.05, 3.63) is 42.2 Å². The van der Waals surface area contributed by atoms with Gasteiger partial charge in [0.15, 0.2) is 12.0 Å². The Bertz CT molecular complexity index is 1170. The fraction of sp³-hybridized carbons (Fsp3) is 0.519. The first-order valence-electron chi connectivity index (χ1n) is 12.8. The molecule has 2 unspecified atom stereocenters. The number of benzene rings is 1. The third-order valence-corrected chi connectivity index (χ3v) is 7.52. The van der Waals surface area contributed by atoms with E-state index in [0.717, 1.165) is 23.9 Å². The normalized spacial score (nSPS) is 20.9. The lowest BCUT2D eigenvalue weighted by molar-refractivity contribution is -0.118. The number of urea groups is 1. The maximum atomic E-state index is 13.3. The van der Waals surface area contributed by atoms with Gasteiger partial charge in [0.25, 0.3) is 0 Å². The van der Waals surface area contributed by atoms with Crippen LogP contribution in [0.1, 0.15) is 36.7 Å². The summed E-state index contributed by atoms with van der Waals surface area (Å²) in [5.41, 5.74) is 6.39. The minimum atomic E-state index is -1.11. The second-order valence-corrected chi connectivity index (χ2v) is 10.1. The van der Waals surface area contributed by atoms with E-state index in [2.05, 4.69) is 22.5 Å². The first-order chi connectivity index (χ1) is 17.8. The Morgan fingerprint density at radius 3 is 2.54 bits per heavy atom. The van der Waals surface area contributed by atoms with Crippen molar-refractivity contribution in [2.24, 2.45) is 11.1 Å². The Labute approximate surface area is 216 Å². The largest absolute Gasteiger partial charge is 0.453 e. The quantitative estimate of drug-likeness (QED) is 0.454. The topological polar surface area (TPSA) is 112 Å². The van der Waals surface area contributed by atoms with Crippen LogP contribution in [0.3, 0.4) is 0 Å². The lowest BCUT2D eigenvalue weighted by atomic mass is 10.00. The van der Waals surface area contributed by atoms with Crippen LogP contribution < -0.4 is 16.0 Å². The first-order valence-corrected chi connectivity index (χ1v) is 12.8. The van der Waals surface area contributed by atoms with Crippen LogP contribution in [0, 0.1) is 5.41 Å². The van der Waals surface area contributed by atoms with Crippen molar-refractivity contribution in [2.75, 3.05) is 51.2 Å². The van der Waals surface area contributed by atoms with Gasteiger partial charge in [0.05, 0.1) is 6.04 Å². The van der Waals surface area contributed by atoms with Gasteiger partial charge in [-0.3, -0.25) is 9.59 Å². The van der Waals surface area contributed by atoms with Crippen molar-refractivity contribution >= 4 is 34.9 Å². The summed E-state index contributed by atoms with van der Waals surface area (Å²) in [6.07, 6.45) is 1.56. The molecule has 0 bridgehead atoms. The molecule has 1 aliphatic carbocycles. The minimum absolute atomic E-state index is 0.00444. The van der Waals surface area contributed by atoms with Gasteiger partial charge in [-0.15, -0.1) is 0 Å². The molecule has 3 heterocycles. The highest BCUT2D eigenvalue weighted by Crippen LogP contribution is 2.53. The highest BCUT2D eigenvalue weighted by atomic mass is 19.1. The number of alkyl halides is 1. The third kappa shape index (κ3) is 5.64. The number of carbonyl (C=O) groups is 3. The van der Waals surface area contributed by atoms with Gasteiger partial charge in [-0.1, -0.05) is 6.58 Å². The minimum Gasteiger partial charge on any atom is -0.453 e. The molecule has 2 atom stereocenters. The smallest absolute Gasteiger partial charge is 0.320 e. The van der Waals surface area contributed by atoms with Crippen molar-refractivity contribution in [3.63, 3.8) is 0 Å². The van der Waals surface area contributed by atoms with Crippen molar-refractivity contribution in [1.29, 1.82) is 0 Å². The summed E-state index contributed by atoms with van der Waals surface area (Å²) in [5.74, 6) is -0.00839. The molecule has 3 aliphatic rings. The molecule has 1 saturated carbocycles. The maximum Gasteiger partial charge on any atom is 0.320 e.